The monoisotopic (exact) mass is 1490 g/mol. The molecule has 6 atom stereocenters. The van der Waals surface area contributed by atoms with Crippen molar-refractivity contribution in [2.75, 3.05) is 78.5 Å². The fraction of sp³-hybridized carbons (Fsp3) is 0.385. The van der Waals surface area contributed by atoms with Gasteiger partial charge in [0.05, 0.1) is 0 Å². The fourth-order valence-electron chi connectivity index (χ4n) is 11.1. The van der Waals surface area contributed by atoms with Crippen LogP contribution < -0.4 is 31.9 Å². The maximum absolute atomic E-state index is 15.1. The summed E-state index contributed by atoms with van der Waals surface area (Å²) in [6, 6.07) is 44.6. The molecule has 1 aliphatic rings. The van der Waals surface area contributed by atoms with E-state index in [1.54, 1.807) is 182 Å². The minimum atomic E-state index is -1.34. The number of ether oxygens (including phenoxy) is 6. The van der Waals surface area contributed by atoms with Gasteiger partial charge in [-0.3, -0.25) is 28.8 Å². The van der Waals surface area contributed by atoms with Crippen molar-refractivity contribution in [1.29, 1.82) is 0 Å². The number of nitrogens with one attached hydrogen (secondary N) is 6. The molecule has 30 heteroatoms. The Morgan fingerprint density at radius 3 is 0.444 bits per heavy atom. The summed E-state index contributed by atoms with van der Waals surface area (Å²) < 4.78 is 33.0. The molecule has 108 heavy (non-hydrogen) atoms. The number of carbonyl (C=O) groups is 12. The molecule has 12 amide bonds. The van der Waals surface area contributed by atoms with E-state index >= 15 is 28.8 Å². The van der Waals surface area contributed by atoms with Gasteiger partial charge in [0.1, 0.15) is 75.9 Å². The Morgan fingerprint density at radius 1 is 0.222 bits per heavy atom. The van der Waals surface area contributed by atoms with E-state index in [9.17, 15) is 28.8 Å². The molecule has 6 N–H and O–H groups in total. The lowest BCUT2D eigenvalue weighted by molar-refractivity contribution is -0.141. The summed E-state index contributed by atoms with van der Waals surface area (Å²) in [5, 5.41) is 15.4. The Kier molecular flexibility index (Phi) is 33.7. The predicted molar refractivity (Wildman–Crippen MR) is 395 cm³/mol. The average Bonchev–Trinajstić information content (AvgIpc) is 0.849. The highest BCUT2D eigenvalue weighted by molar-refractivity contribution is 5.90. The summed E-state index contributed by atoms with van der Waals surface area (Å²) >= 11 is 0. The van der Waals surface area contributed by atoms with Crippen LogP contribution in [0.1, 0.15) is 74.9 Å². The maximum atomic E-state index is 15.1. The number of carbonyl (C=O) groups excluding carboxylic acids is 12. The van der Waals surface area contributed by atoms with Gasteiger partial charge in [0.25, 0.3) is 0 Å². The molecule has 7 rings (SSSR count). The topological polar surface area (TPSA) is 352 Å². The normalized spacial score (nSPS) is 14.8. The lowest BCUT2D eigenvalue weighted by atomic mass is 10.2. The molecule has 1 heterocycles. The van der Waals surface area contributed by atoms with Crippen LogP contribution in [0.3, 0.4) is 0 Å². The van der Waals surface area contributed by atoms with Gasteiger partial charge in [-0.2, -0.15) is 0 Å². The molecule has 0 bridgehead atoms. The summed E-state index contributed by atoms with van der Waals surface area (Å²) in [6.07, 6.45) is -5.77. The molecule has 6 aromatic rings. The van der Waals surface area contributed by atoms with Crippen LogP contribution in [0.5, 0.6) is 0 Å². The lowest BCUT2D eigenvalue weighted by Crippen LogP contribution is -2.57. The summed E-state index contributed by atoms with van der Waals surface area (Å²) in [4.78, 5) is 179. The van der Waals surface area contributed by atoms with Crippen molar-refractivity contribution in [2.45, 2.75) is 117 Å². The minimum absolute atomic E-state index is 0.153. The maximum Gasteiger partial charge on any atom is 0.408 e. The SMILES string of the molecule is C[C@H](NC(=O)OCc1ccccc1)C(=O)N1CCN(C(=O)[C@H](C)NC(=O)OCc2ccccc2)CCN(C(=O)[C@H](C)NC(=O)OCc2ccccc2)CCN(C(=O)[C@H](C)NC(=O)OCc2ccccc2)CCN(C(=O)[C@H](C)NC(=O)OCc2ccccc2)CCN(C(=O)[C@H](C)NC(=O)OCc2ccccc2)CC1. The molecule has 1 aliphatic heterocycles. The fourth-order valence-corrected chi connectivity index (χ4v) is 11.1. The first-order valence-corrected chi connectivity index (χ1v) is 35.6. The van der Waals surface area contributed by atoms with Crippen LogP contribution >= 0.6 is 0 Å². The second-order valence-corrected chi connectivity index (χ2v) is 25.5. The van der Waals surface area contributed by atoms with E-state index in [4.69, 9.17) is 28.4 Å². The Labute approximate surface area is 628 Å². The Morgan fingerprint density at radius 2 is 0.333 bits per heavy atom. The van der Waals surface area contributed by atoms with Gasteiger partial charge in [0.15, 0.2) is 0 Å². The smallest absolute Gasteiger partial charge is 0.408 e. The molecule has 0 unspecified atom stereocenters. The van der Waals surface area contributed by atoms with Crippen molar-refractivity contribution in [3.63, 3.8) is 0 Å². The van der Waals surface area contributed by atoms with Crippen molar-refractivity contribution < 1.29 is 86.0 Å². The third-order valence-corrected chi connectivity index (χ3v) is 17.2. The number of hydrogen-bond acceptors (Lipinski definition) is 18. The van der Waals surface area contributed by atoms with Gasteiger partial charge in [-0.15, -0.1) is 0 Å². The summed E-state index contributed by atoms with van der Waals surface area (Å²) in [5.74, 6) is -4.43. The van der Waals surface area contributed by atoms with Crippen LogP contribution in [0.15, 0.2) is 182 Å². The van der Waals surface area contributed by atoms with Crippen LogP contribution in [-0.2, 0) is 96.8 Å². The van der Waals surface area contributed by atoms with Crippen LogP contribution in [0, 0.1) is 0 Å². The van der Waals surface area contributed by atoms with Gasteiger partial charge in [0.2, 0.25) is 35.4 Å². The molecule has 576 valence electrons. The second-order valence-electron chi connectivity index (χ2n) is 25.5. The third kappa shape index (κ3) is 28.7. The van der Waals surface area contributed by atoms with Gasteiger partial charge >= 0.3 is 36.6 Å². The number of benzene rings is 6. The predicted octanol–water partition coefficient (Wildman–Crippen LogP) is 6.86. The van der Waals surface area contributed by atoms with Gasteiger partial charge in [-0.25, -0.2) is 28.8 Å². The van der Waals surface area contributed by atoms with E-state index in [1.165, 1.54) is 70.9 Å². The first kappa shape index (κ1) is 83.0. The highest BCUT2D eigenvalue weighted by atomic mass is 16.6. The summed E-state index contributed by atoms with van der Waals surface area (Å²) in [6.45, 7) is 3.12. The van der Waals surface area contributed by atoms with Crippen LogP contribution in [-0.4, -0.2) is 216 Å². The van der Waals surface area contributed by atoms with Crippen molar-refractivity contribution in [3.8, 4) is 0 Å². The zero-order valence-corrected chi connectivity index (χ0v) is 61.5. The zero-order chi connectivity index (χ0) is 77.7. The quantitative estimate of drug-likeness (QED) is 0.0337. The Balaban J connectivity index is 1.28. The van der Waals surface area contributed by atoms with E-state index in [-0.39, 0.29) is 118 Å². The molecule has 0 aliphatic carbocycles. The molecular weight excluding hydrogens is 1390 g/mol. The lowest BCUT2D eigenvalue weighted by Gasteiger charge is -2.37. The molecule has 30 nitrogen and oxygen atoms in total. The molecule has 0 aromatic heterocycles. The van der Waals surface area contributed by atoms with Gasteiger partial charge in [-0.1, -0.05) is 182 Å². The number of hydrogen-bond donors (Lipinski definition) is 6. The van der Waals surface area contributed by atoms with E-state index in [1.807, 2.05) is 0 Å². The second kappa shape index (κ2) is 43.9. The number of rotatable bonds is 24. The van der Waals surface area contributed by atoms with E-state index < -0.39 is 108 Å². The molecule has 1 fully saturated rings. The van der Waals surface area contributed by atoms with Crippen molar-refractivity contribution in [3.05, 3.63) is 215 Å². The molecule has 0 radical (unpaired) electrons. The molecular formula is C78H96N12O18. The largest absolute Gasteiger partial charge is 0.445 e. The number of nitrogens with zero attached hydrogens (tertiary/aromatic N) is 6. The third-order valence-electron chi connectivity index (χ3n) is 17.2. The van der Waals surface area contributed by atoms with Gasteiger partial charge < -0.3 is 89.7 Å². The van der Waals surface area contributed by atoms with E-state index in [2.05, 4.69) is 31.9 Å². The number of amides is 12. The van der Waals surface area contributed by atoms with Crippen molar-refractivity contribution in [1.82, 2.24) is 61.3 Å². The first-order valence-electron chi connectivity index (χ1n) is 35.6. The molecule has 0 spiro atoms. The Hall–Kier alpha value is -12.2. The number of alkyl carbamates (subject to hydrolysis) is 6. The zero-order valence-electron chi connectivity index (χ0n) is 61.5. The van der Waals surface area contributed by atoms with Gasteiger partial charge in [-0.05, 0) is 74.9 Å². The van der Waals surface area contributed by atoms with E-state index in [0.717, 1.165) is 0 Å². The van der Waals surface area contributed by atoms with Gasteiger partial charge in [0, 0.05) is 78.5 Å². The molecule has 1 saturated heterocycles. The van der Waals surface area contributed by atoms with E-state index in [0.29, 0.717) is 33.4 Å². The minimum Gasteiger partial charge on any atom is -0.445 e. The molecule has 6 aromatic carbocycles. The highest BCUT2D eigenvalue weighted by Crippen LogP contribution is 2.14. The van der Waals surface area contributed by atoms with Crippen molar-refractivity contribution >= 4 is 72.0 Å². The average molecular weight is 1490 g/mol. The van der Waals surface area contributed by atoms with Crippen LogP contribution in [0.25, 0.3) is 0 Å². The molecule has 0 saturated carbocycles. The first-order chi connectivity index (χ1) is 52.0. The van der Waals surface area contributed by atoms with Crippen LogP contribution in [0.4, 0.5) is 28.8 Å². The summed E-state index contributed by atoms with van der Waals surface area (Å²) in [7, 11) is 0. The van der Waals surface area contributed by atoms with Crippen molar-refractivity contribution in [2.24, 2.45) is 0 Å². The highest BCUT2D eigenvalue weighted by Gasteiger charge is 2.34. The Bertz CT molecular complexity index is 3220. The van der Waals surface area contributed by atoms with Crippen LogP contribution in [0.2, 0.25) is 0 Å². The summed E-state index contributed by atoms with van der Waals surface area (Å²) in [5.41, 5.74) is 3.92. The standard InChI is InChI=1S/C78H96N12O18/c1-55(79-73(97)103-49-61-25-13-7-14-26-61)67(91)85-37-39-86(68(92)56(2)80-74(98)104-50-62-27-15-8-16-28-62)41-43-88(70(94)58(4)82-76(100)106-52-64-31-19-10-20-32-64)45-47-90(72(96)60(6)84-78(102)108-54-66-35-23-12-24-36-66)48-46-89(71(95)59(5)83-77(101)107-53-65-33-21-11-22-34-65)44-42-87(40-38-85)69(93)57(3)81-75(99)105-51-63-29-17-9-18-30-63/h7-36,55-60H,37-54H2,1-6H3,(H,79,97)(H,80,98)(H,81,99)(H,82,100)(H,83,101)(H,84,102)/t55-,56-,57-,58-,59-,60-/m0/s1.